The molecule has 0 saturated heterocycles. The Labute approximate surface area is 131 Å². The van der Waals surface area contributed by atoms with Gasteiger partial charge in [0.2, 0.25) is 5.91 Å². The lowest BCUT2D eigenvalue weighted by atomic mass is 9.72. The van der Waals surface area contributed by atoms with Crippen LogP contribution >= 0.6 is 23.4 Å². The molecule has 0 bridgehead atoms. The fourth-order valence-electron chi connectivity index (χ4n) is 2.20. The Kier molecular flexibility index (Phi) is 5.37. The van der Waals surface area contributed by atoms with Crippen LogP contribution in [0, 0.1) is 5.82 Å². The van der Waals surface area contributed by atoms with Gasteiger partial charge in [-0.2, -0.15) is 11.8 Å². The third-order valence-corrected chi connectivity index (χ3v) is 3.97. The van der Waals surface area contributed by atoms with E-state index in [9.17, 15) is 19.3 Å². The molecule has 0 aromatic heterocycles. The van der Waals surface area contributed by atoms with Crippen LogP contribution in [0.15, 0.2) is 6.07 Å². The second-order valence-corrected chi connectivity index (χ2v) is 5.89. The van der Waals surface area contributed by atoms with Crippen LogP contribution < -0.4 is 9.97 Å². The van der Waals surface area contributed by atoms with Gasteiger partial charge in [0.25, 0.3) is 0 Å². The molecule has 114 valence electrons. The number of hydrogen-bond donors (Lipinski definition) is 3. The highest BCUT2D eigenvalue weighted by molar-refractivity contribution is 7.99. The monoisotopic (exact) mass is 333 g/mol. The first-order valence-corrected chi connectivity index (χ1v) is 7.98. The SMILES string of the molecule is CSCC(=O)N[C@H]1Cc2cc(Cl)c(F)c(CO)c2OB1O. The number of aliphatic hydroxyl groups is 1. The summed E-state index contributed by atoms with van der Waals surface area (Å²) in [4.78, 5) is 11.6. The molecule has 1 amide bonds. The summed E-state index contributed by atoms with van der Waals surface area (Å²) in [6, 6.07) is 1.38. The van der Waals surface area contributed by atoms with Crippen LogP contribution in [-0.4, -0.2) is 41.1 Å². The Hall–Kier alpha value is -0.955. The molecule has 21 heavy (non-hydrogen) atoms. The van der Waals surface area contributed by atoms with Gasteiger partial charge in [0.15, 0.2) is 5.82 Å². The third kappa shape index (κ3) is 3.45. The first kappa shape index (κ1) is 16.4. The fraction of sp³-hybridized carbons (Fsp3) is 0.417. The van der Waals surface area contributed by atoms with Crippen LogP contribution in [0.5, 0.6) is 5.75 Å². The molecule has 1 aliphatic rings. The summed E-state index contributed by atoms with van der Waals surface area (Å²) >= 11 is 7.13. The average Bonchev–Trinajstić information content (AvgIpc) is 2.43. The maximum absolute atomic E-state index is 13.8. The number of nitrogens with one attached hydrogen (secondary N) is 1. The Bertz CT molecular complexity index is 563. The number of fused-ring (bicyclic) bond motifs is 1. The average molecular weight is 334 g/mol. The molecular weight excluding hydrogens is 319 g/mol. The molecule has 1 heterocycles. The molecule has 0 unspecified atom stereocenters. The molecule has 1 atom stereocenters. The molecule has 1 aromatic carbocycles. The number of aliphatic hydroxyl groups excluding tert-OH is 1. The van der Waals surface area contributed by atoms with E-state index in [0.717, 1.165) is 0 Å². The van der Waals surface area contributed by atoms with Crippen molar-refractivity contribution in [3.63, 3.8) is 0 Å². The number of halogens is 2. The van der Waals surface area contributed by atoms with E-state index in [1.807, 2.05) is 0 Å². The van der Waals surface area contributed by atoms with Gasteiger partial charge in [-0.15, -0.1) is 0 Å². The zero-order chi connectivity index (χ0) is 15.6. The van der Waals surface area contributed by atoms with Gasteiger partial charge in [0.1, 0.15) is 5.75 Å². The Morgan fingerprint density at radius 1 is 1.71 bits per heavy atom. The smallest absolute Gasteiger partial charge is 0.534 e. The topological polar surface area (TPSA) is 78.8 Å². The van der Waals surface area contributed by atoms with Gasteiger partial charge >= 0.3 is 7.12 Å². The van der Waals surface area contributed by atoms with E-state index in [1.165, 1.54) is 17.8 Å². The van der Waals surface area contributed by atoms with Gasteiger partial charge in [0, 0.05) is 0 Å². The van der Waals surface area contributed by atoms with Crippen LogP contribution in [-0.2, 0) is 17.8 Å². The van der Waals surface area contributed by atoms with E-state index in [0.29, 0.717) is 5.56 Å². The van der Waals surface area contributed by atoms with Crippen molar-refractivity contribution in [3.05, 3.63) is 28.0 Å². The van der Waals surface area contributed by atoms with E-state index < -0.39 is 25.5 Å². The fourth-order valence-corrected chi connectivity index (χ4v) is 2.79. The van der Waals surface area contributed by atoms with Crippen molar-refractivity contribution in [1.82, 2.24) is 5.32 Å². The van der Waals surface area contributed by atoms with Gasteiger partial charge in [-0.1, -0.05) is 11.6 Å². The van der Waals surface area contributed by atoms with Crippen LogP contribution in [0.4, 0.5) is 4.39 Å². The van der Waals surface area contributed by atoms with E-state index in [4.69, 9.17) is 16.3 Å². The molecule has 9 heteroatoms. The largest absolute Gasteiger partial charge is 0.547 e. The molecule has 2 rings (SSSR count). The first-order valence-electron chi connectivity index (χ1n) is 6.21. The van der Waals surface area contributed by atoms with Crippen molar-refractivity contribution >= 4 is 36.4 Å². The number of thioether (sulfide) groups is 1. The molecule has 0 saturated carbocycles. The second-order valence-electron chi connectivity index (χ2n) is 4.62. The summed E-state index contributed by atoms with van der Waals surface area (Å²) in [7, 11) is -1.31. The number of amides is 1. The number of benzene rings is 1. The minimum atomic E-state index is -1.31. The van der Waals surface area contributed by atoms with E-state index in [-0.39, 0.29) is 34.4 Å². The van der Waals surface area contributed by atoms with Crippen molar-refractivity contribution in [2.75, 3.05) is 12.0 Å². The zero-order valence-corrected chi connectivity index (χ0v) is 12.8. The predicted octanol–water partition coefficient (Wildman–Crippen LogP) is 0.774. The molecule has 5 nitrogen and oxygen atoms in total. The first-order chi connectivity index (χ1) is 9.97. The summed E-state index contributed by atoms with van der Waals surface area (Å²) in [5, 5.41) is 21.7. The minimum Gasteiger partial charge on any atom is -0.534 e. The standard InChI is InChI=1S/C12H14BClFNO4S/c1-21-5-10(18)16-9-3-6-2-8(14)11(15)7(4-17)12(6)20-13(9)19/h2,9,17,19H,3-5H2,1H3,(H,16,18)/t9-/m0/s1. The molecule has 0 spiro atoms. The normalized spacial score (nSPS) is 17.2. The molecule has 0 radical (unpaired) electrons. The lowest BCUT2D eigenvalue weighted by Gasteiger charge is -2.29. The molecule has 0 aliphatic carbocycles. The van der Waals surface area contributed by atoms with E-state index in [2.05, 4.69) is 5.32 Å². The third-order valence-electron chi connectivity index (χ3n) is 3.14. The lowest BCUT2D eigenvalue weighted by molar-refractivity contribution is -0.118. The number of hydrogen-bond acceptors (Lipinski definition) is 5. The van der Waals surface area contributed by atoms with E-state index in [1.54, 1.807) is 6.26 Å². The quantitative estimate of drug-likeness (QED) is 0.710. The summed E-state index contributed by atoms with van der Waals surface area (Å²) in [5.74, 6) is -1.29. The lowest BCUT2D eigenvalue weighted by Crippen LogP contribution is -2.53. The van der Waals surface area contributed by atoms with Crippen molar-refractivity contribution < 1.29 is 24.0 Å². The number of rotatable bonds is 4. The highest BCUT2D eigenvalue weighted by Crippen LogP contribution is 2.35. The molecule has 3 N–H and O–H groups in total. The van der Waals surface area contributed by atoms with Crippen LogP contribution in [0.3, 0.4) is 0 Å². The van der Waals surface area contributed by atoms with Gasteiger partial charge in [-0.25, -0.2) is 4.39 Å². The molecule has 0 fully saturated rings. The Morgan fingerprint density at radius 3 is 3.05 bits per heavy atom. The molecular formula is C12H14BClFNO4S. The maximum atomic E-state index is 13.8. The van der Waals surface area contributed by atoms with Gasteiger partial charge < -0.3 is 20.1 Å². The Morgan fingerprint density at radius 2 is 2.43 bits per heavy atom. The van der Waals surface area contributed by atoms with Crippen molar-refractivity contribution in [2.24, 2.45) is 0 Å². The molecule has 1 aromatic rings. The van der Waals surface area contributed by atoms with Crippen molar-refractivity contribution in [3.8, 4) is 5.75 Å². The van der Waals surface area contributed by atoms with Gasteiger partial charge in [-0.3, -0.25) is 4.79 Å². The van der Waals surface area contributed by atoms with Crippen LogP contribution in [0.2, 0.25) is 5.02 Å². The minimum absolute atomic E-state index is 0.0854. The second kappa shape index (κ2) is 6.87. The highest BCUT2D eigenvalue weighted by atomic mass is 35.5. The van der Waals surface area contributed by atoms with Crippen molar-refractivity contribution in [2.45, 2.75) is 19.0 Å². The zero-order valence-electron chi connectivity index (χ0n) is 11.2. The van der Waals surface area contributed by atoms with Crippen LogP contribution in [0.25, 0.3) is 0 Å². The van der Waals surface area contributed by atoms with E-state index >= 15 is 0 Å². The summed E-state index contributed by atoms with van der Waals surface area (Å²) in [6.07, 6.45) is 2.03. The summed E-state index contributed by atoms with van der Waals surface area (Å²) in [5.41, 5.74) is 0.440. The summed E-state index contributed by atoms with van der Waals surface area (Å²) < 4.78 is 19.1. The number of carbonyl (C=O) groups is 1. The number of carbonyl (C=O) groups excluding carboxylic acids is 1. The van der Waals surface area contributed by atoms with Crippen molar-refractivity contribution in [1.29, 1.82) is 0 Å². The predicted molar refractivity (Wildman–Crippen MR) is 80.0 cm³/mol. The highest BCUT2D eigenvalue weighted by Gasteiger charge is 2.38. The Balaban J connectivity index is 2.27. The molecule has 1 aliphatic heterocycles. The summed E-state index contributed by atoms with van der Waals surface area (Å²) in [6.45, 7) is -0.592. The van der Waals surface area contributed by atoms with Crippen LogP contribution in [0.1, 0.15) is 11.1 Å². The maximum Gasteiger partial charge on any atom is 0.547 e. The van der Waals surface area contributed by atoms with Gasteiger partial charge in [-0.05, 0) is 24.3 Å². The van der Waals surface area contributed by atoms with Gasteiger partial charge in [0.05, 0.1) is 28.9 Å².